The molecule has 6 heteroatoms. The van der Waals surface area contributed by atoms with E-state index >= 15 is 0 Å². The number of nitrogens with one attached hydrogen (secondary N) is 1. The lowest BCUT2D eigenvalue weighted by atomic mass is 10.2. The monoisotopic (exact) mass is 287 g/mol. The number of rotatable bonds is 4. The van der Waals surface area contributed by atoms with Gasteiger partial charge in [0.25, 0.3) is 0 Å². The Hall–Kier alpha value is -1.52. The summed E-state index contributed by atoms with van der Waals surface area (Å²) in [4.78, 5) is 22.7. The van der Waals surface area contributed by atoms with Crippen molar-refractivity contribution in [3.05, 3.63) is 40.4 Å². The van der Waals surface area contributed by atoms with E-state index in [0.29, 0.717) is 10.7 Å². The average Bonchev–Trinajstić information content (AvgIpc) is 2.33. The number of methoxy groups -OCH3 is 1. The van der Waals surface area contributed by atoms with Gasteiger partial charge >= 0.3 is 5.97 Å². The van der Waals surface area contributed by atoms with Gasteiger partial charge in [0.2, 0.25) is 5.91 Å². The number of anilines is 1. The molecule has 0 saturated carbocycles. The summed E-state index contributed by atoms with van der Waals surface area (Å²) >= 11 is 11.7. The number of esters is 1. The van der Waals surface area contributed by atoms with Crippen LogP contribution in [0.15, 0.2) is 30.4 Å². The molecule has 18 heavy (non-hydrogen) atoms. The third kappa shape index (κ3) is 3.75. The third-order valence-electron chi connectivity index (χ3n) is 2.07. The Morgan fingerprint density at radius 1 is 1.39 bits per heavy atom. The highest BCUT2D eigenvalue weighted by Gasteiger charge is 2.13. The maximum absolute atomic E-state index is 11.6. The Balaban J connectivity index is 2.68. The summed E-state index contributed by atoms with van der Waals surface area (Å²) in [6.45, 7) is 3.45. The minimum absolute atomic E-state index is 0.0631. The molecule has 0 saturated heterocycles. The van der Waals surface area contributed by atoms with Crippen LogP contribution in [-0.2, 0) is 14.3 Å². The van der Waals surface area contributed by atoms with Crippen molar-refractivity contribution in [2.75, 3.05) is 12.4 Å². The summed E-state index contributed by atoms with van der Waals surface area (Å²) in [7, 11) is 1.22. The minimum Gasteiger partial charge on any atom is -0.466 e. The van der Waals surface area contributed by atoms with Crippen LogP contribution in [-0.4, -0.2) is 19.0 Å². The molecule has 0 bridgehead atoms. The number of ether oxygens (including phenoxy) is 1. The van der Waals surface area contributed by atoms with Gasteiger partial charge in [-0.05, 0) is 12.1 Å². The molecule has 1 N–H and O–H groups in total. The van der Waals surface area contributed by atoms with Crippen LogP contribution < -0.4 is 5.32 Å². The fourth-order valence-corrected chi connectivity index (χ4v) is 1.55. The van der Waals surface area contributed by atoms with E-state index in [2.05, 4.69) is 16.6 Å². The van der Waals surface area contributed by atoms with Gasteiger partial charge in [0.15, 0.2) is 0 Å². The van der Waals surface area contributed by atoms with Crippen LogP contribution >= 0.6 is 23.2 Å². The maximum atomic E-state index is 11.6. The van der Waals surface area contributed by atoms with E-state index in [1.165, 1.54) is 7.11 Å². The van der Waals surface area contributed by atoms with Gasteiger partial charge in [0, 0.05) is 5.57 Å². The number of carbonyl (C=O) groups is 2. The largest absolute Gasteiger partial charge is 0.466 e. The highest BCUT2D eigenvalue weighted by molar-refractivity contribution is 6.44. The summed E-state index contributed by atoms with van der Waals surface area (Å²) < 4.78 is 4.44. The lowest BCUT2D eigenvalue weighted by Gasteiger charge is -2.08. The molecule has 0 aliphatic heterocycles. The van der Waals surface area contributed by atoms with Crippen LogP contribution in [0.1, 0.15) is 6.42 Å². The van der Waals surface area contributed by atoms with Crippen molar-refractivity contribution in [1.82, 2.24) is 0 Å². The fraction of sp³-hybridized carbons (Fsp3) is 0.167. The van der Waals surface area contributed by atoms with E-state index < -0.39 is 11.9 Å². The van der Waals surface area contributed by atoms with E-state index in [1.807, 2.05) is 0 Å². The van der Waals surface area contributed by atoms with Gasteiger partial charge in [0.05, 0.1) is 29.3 Å². The summed E-state index contributed by atoms with van der Waals surface area (Å²) in [5, 5.41) is 3.12. The Morgan fingerprint density at radius 3 is 2.67 bits per heavy atom. The normalized spacial score (nSPS) is 9.72. The first-order valence-electron chi connectivity index (χ1n) is 4.95. The summed E-state index contributed by atoms with van der Waals surface area (Å²) in [5.74, 6) is -1.04. The third-order valence-corrected chi connectivity index (χ3v) is 2.89. The molecule has 4 nitrogen and oxygen atoms in total. The second-order valence-electron chi connectivity index (χ2n) is 3.42. The van der Waals surface area contributed by atoms with E-state index in [9.17, 15) is 9.59 Å². The van der Waals surface area contributed by atoms with Gasteiger partial charge in [-0.1, -0.05) is 35.8 Å². The molecule has 0 unspecified atom stereocenters. The number of amides is 1. The van der Waals surface area contributed by atoms with E-state index in [4.69, 9.17) is 23.2 Å². The van der Waals surface area contributed by atoms with Crippen LogP contribution in [0, 0.1) is 0 Å². The Bertz CT molecular complexity index is 500. The fourth-order valence-electron chi connectivity index (χ4n) is 1.21. The van der Waals surface area contributed by atoms with Crippen molar-refractivity contribution in [1.29, 1.82) is 0 Å². The molecule has 1 aromatic rings. The van der Waals surface area contributed by atoms with Gasteiger partial charge in [0.1, 0.15) is 0 Å². The topological polar surface area (TPSA) is 55.4 Å². The van der Waals surface area contributed by atoms with Crippen molar-refractivity contribution >= 4 is 40.8 Å². The van der Waals surface area contributed by atoms with E-state index in [-0.39, 0.29) is 17.0 Å². The molecule has 1 amide bonds. The number of benzene rings is 1. The number of hydrogen-bond acceptors (Lipinski definition) is 3. The van der Waals surface area contributed by atoms with Gasteiger partial charge < -0.3 is 10.1 Å². The van der Waals surface area contributed by atoms with Crippen molar-refractivity contribution in [3.63, 3.8) is 0 Å². The number of halogens is 2. The highest BCUT2D eigenvalue weighted by atomic mass is 35.5. The smallest absolute Gasteiger partial charge is 0.333 e. The van der Waals surface area contributed by atoms with Crippen LogP contribution in [0.5, 0.6) is 0 Å². The second-order valence-corrected chi connectivity index (χ2v) is 4.21. The number of carbonyl (C=O) groups excluding carboxylic acids is 2. The lowest BCUT2D eigenvalue weighted by molar-refractivity contribution is -0.137. The second kappa shape index (κ2) is 6.42. The van der Waals surface area contributed by atoms with Gasteiger partial charge in [-0.25, -0.2) is 4.79 Å². The van der Waals surface area contributed by atoms with Crippen molar-refractivity contribution in [3.8, 4) is 0 Å². The molecular weight excluding hydrogens is 277 g/mol. The first-order chi connectivity index (χ1) is 8.45. The van der Waals surface area contributed by atoms with Crippen LogP contribution in [0.3, 0.4) is 0 Å². The zero-order valence-corrected chi connectivity index (χ0v) is 11.1. The minimum atomic E-state index is -0.623. The average molecular weight is 288 g/mol. The van der Waals surface area contributed by atoms with Crippen molar-refractivity contribution in [2.24, 2.45) is 0 Å². The van der Waals surface area contributed by atoms with Gasteiger partial charge in [-0.2, -0.15) is 0 Å². The molecular formula is C12H11Cl2NO3. The van der Waals surface area contributed by atoms with Crippen LogP contribution in [0.2, 0.25) is 10.0 Å². The Morgan fingerprint density at radius 2 is 2.06 bits per heavy atom. The molecule has 0 spiro atoms. The SMILES string of the molecule is C=C(CC(=O)Nc1cccc(Cl)c1Cl)C(=O)OC. The molecule has 0 aliphatic rings. The molecule has 0 heterocycles. The summed E-state index contributed by atoms with van der Waals surface area (Å²) in [5.41, 5.74) is 0.444. The van der Waals surface area contributed by atoms with Crippen molar-refractivity contribution < 1.29 is 14.3 Å². The maximum Gasteiger partial charge on any atom is 0.333 e. The highest BCUT2D eigenvalue weighted by Crippen LogP contribution is 2.29. The summed E-state index contributed by atoms with van der Waals surface area (Å²) in [6.07, 6.45) is -0.171. The molecule has 0 radical (unpaired) electrons. The number of hydrogen-bond donors (Lipinski definition) is 1. The molecule has 0 atom stereocenters. The predicted molar refractivity (Wildman–Crippen MR) is 70.9 cm³/mol. The van der Waals surface area contributed by atoms with Gasteiger partial charge in [-0.3, -0.25) is 4.79 Å². The molecule has 0 aliphatic carbocycles. The molecule has 0 aromatic heterocycles. The molecule has 1 aromatic carbocycles. The van der Waals surface area contributed by atoms with E-state index in [0.717, 1.165) is 0 Å². The van der Waals surface area contributed by atoms with E-state index in [1.54, 1.807) is 18.2 Å². The standard InChI is InChI=1S/C12H11Cl2NO3/c1-7(12(17)18-2)6-10(16)15-9-5-3-4-8(13)11(9)14/h3-5H,1,6H2,2H3,(H,15,16). The summed E-state index contributed by atoms with van der Waals surface area (Å²) in [6, 6.07) is 4.86. The van der Waals surface area contributed by atoms with Crippen LogP contribution in [0.4, 0.5) is 5.69 Å². The first kappa shape index (κ1) is 14.5. The van der Waals surface area contributed by atoms with Crippen molar-refractivity contribution in [2.45, 2.75) is 6.42 Å². The molecule has 96 valence electrons. The quantitative estimate of drug-likeness (QED) is 0.684. The Kier molecular flexibility index (Phi) is 5.19. The first-order valence-corrected chi connectivity index (χ1v) is 5.71. The van der Waals surface area contributed by atoms with Crippen LogP contribution in [0.25, 0.3) is 0 Å². The molecule has 1 rings (SSSR count). The zero-order chi connectivity index (χ0) is 13.7. The zero-order valence-electron chi connectivity index (χ0n) is 9.63. The predicted octanol–water partition coefficient (Wildman–Crippen LogP) is 3.05. The molecule has 0 fully saturated rings. The Labute approximate surface area is 115 Å². The lowest BCUT2D eigenvalue weighted by Crippen LogP contribution is -2.16. The van der Waals surface area contributed by atoms with Gasteiger partial charge in [-0.15, -0.1) is 0 Å².